The van der Waals surface area contributed by atoms with Gasteiger partial charge in [0, 0.05) is 5.39 Å². The quantitative estimate of drug-likeness (QED) is 0.805. The van der Waals surface area contributed by atoms with Crippen LogP contribution in [0.15, 0.2) is 71.6 Å². The van der Waals surface area contributed by atoms with Crippen LogP contribution in [0, 0.1) is 11.3 Å². The van der Waals surface area contributed by atoms with Gasteiger partial charge < -0.3 is 0 Å². The van der Waals surface area contributed by atoms with Crippen LogP contribution in [0.5, 0.6) is 0 Å². The van der Waals surface area contributed by atoms with Gasteiger partial charge in [-0.3, -0.25) is 4.72 Å². The van der Waals surface area contributed by atoms with Crippen molar-refractivity contribution in [2.24, 2.45) is 0 Å². The molecule has 22 heavy (non-hydrogen) atoms. The molecule has 0 fully saturated rings. The molecular weight excluding hydrogens is 296 g/mol. The first-order chi connectivity index (χ1) is 10.6. The van der Waals surface area contributed by atoms with Crippen molar-refractivity contribution in [2.75, 3.05) is 4.72 Å². The van der Waals surface area contributed by atoms with Crippen molar-refractivity contribution in [3.8, 4) is 6.07 Å². The van der Waals surface area contributed by atoms with Gasteiger partial charge in [-0.25, -0.2) is 8.42 Å². The molecule has 0 heterocycles. The summed E-state index contributed by atoms with van der Waals surface area (Å²) in [5, 5.41) is 10.6. The second-order valence-corrected chi connectivity index (χ2v) is 6.45. The number of hydrogen-bond donors (Lipinski definition) is 1. The molecule has 0 radical (unpaired) electrons. The fourth-order valence-corrected chi connectivity index (χ4v) is 3.31. The summed E-state index contributed by atoms with van der Waals surface area (Å²) in [5.74, 6) is 0. The van der Waals surface area contributed by atoms with Crippen molar-refractivity contribution in [2.45, 2.75) is 4.90 Å². The molecule has 0 saturated carbocycles. The Labute approximate surface area is 128 Å². The normalized spacial score (nSPS) is 11.0. The Morgan fingerprint density at radius 3 is 2.27 bits per heavy atom. The highest BCUT2D eigenvalue weighted by Gasteiger charge is 2.15. The van der Waals surface area contributed by atoms with E-state index in [2.05, 4.69) is 4.72 Å². The summed E-state index contributed by atoms with van der Waals surface area (Å²) in [4.78, 5) is 0.124. The van der Waals surface area contributed by atoms with E-state index in [-0.39, 0.29) is 4.90 Å². The number of anilines is 1. The first-order valence-electron chi connectivity index (χ1n) is 6.61. The molecule has 0 unspecified atom stereocenters. The molecule has 0 aromatic heterocycles. The molecule has 0 atom stereocenters. The van der Waals surface area contributed by atoms with Gasteiger partial charge in [-0.05, 0) is 35.7 Å². The Bertz CT molecular complexity index is 966. The van der Waals surface area contributed by atoms with E-state index in [1.54, 1.807) is 12.1 Å². The minimum absolute atomic E-state index is 0.124. The van der Waals surface area contributed by atoms with E-state index < -0.39 is 10.0 Å². The molecule has 4 nitrogen and oxygen atoms in total. The molecule has 0 bridgehead atoms. The minimum atomic E-state index is -3.69. The third-order valence-electron chi connectivity index (χ3n) is 3.33. The zero-order valence-corrected chi connectivity index (χ0v) is 12.3. The fraction of sp³-hybridized carbons (Fsp3) is 0. The van der Waals surface area contributed by atoms with Crippen LogP contribution in [0.1, 0.15) is 5.56 Å². The van der Waals surface area contributed by atoms with Crippen LogP contribution in [-0.4, -0.2) is 8.42 Å². The number of nitriles is 1. The van der Waals surface area contributed by atoms with Gasteiger partial charge in [-0.1, -0.05) is 36.4 Å². The number of nitrogens with one attached hydrogen (secondary N) is 1. The highest BCUT2D eigenvalue weighted by Crippen LogP contribution is 2.25. The highest BCUT2D eigenvalue weighted by molar-refractivity contribution is 7.92. The molecule has 5 heteroatoms. The van der Waals surface area contributed by atoms with Gasteiger partial charge in [0.25, 0.3) is 10.0 Å². The van der Waals surface area contributed by atoms with Crippen molar-refractivity contribution >= 4 is 26.5 Å². The lowest BCUT2D eigenvalue weighted by molar-refractivity contribution is 0.601. The number of rotatable bonds is 3. The first-order valence-corrected chi connectivity index (χ1v) is 8.09. The number of sulfonamides is 1. The van der Waals surface area contributed by atoms with Gasteiger partial charge in [0.1, 0.15) is 0 Å². The smallest absolute Gasteiger partial charge is 0.261 e. The van der Waals surface area contributed by atoms with E-state index in [0.29, 0.717) is 11.3 Å². The van der Waals surface area contributed by atoms with Crippen molar-refractivity contribution in [3.63, 3.8) is 0 Å². The number of hydrogen-bond acceptors (Lipinski definition) is 3. The third kappa shape index (κ3) is 2.65. The molecule has 3 aromatic rings. The molecule has 0 spiro atoms. The van der Waals surface area contributed by atoms with Crippen molar-refractivity contribution in [1.82, 2.24) is 0 Å². The molecular formula is C17H12N2O2S. The average Bonchev–Trinajstić information content (AvgIpc) is 2.55. The molecule has 3 aromatic carbocycles. The zero-order valence-electron chi connectivity index (χ0n) is 11.5. The molecule has 108 valence electrons. The average molecular weight is 308 g/mol. The van der Waals surface area contributed by atoms with Gasteiger partial charge in [-0.2, -0.15) is 5.26 Å². The topological polar surface area (TPSA) is 70.0 Å². The van der Waals surface area contributed by atoms with Crippen LogP contribution in [0.25, 0.3) is 10.8 Å². The molecule has 0 saturated heterocycles. The van der Waals surface area contributed by atoms with E-state index in [9.17, 15) is 8.42 Å². The van der Waals surface area contributed by atoms with Crippen molar-refractivity contribution < 1.29 is 8.42 Å². The van der Waals surface area contributed by atoms with Crippen molar-refractivity contribution in [3.05, 3.63) is 72.3 Å². The number of benzene rings is 3. The lowest BCUT2D eigenvalue weighted by atomic mass is 10.1. The van der Waals surface area contributed by atoms with Gasteiger partial charge in [-0.15, -0.1) is 0 Å². The molecule has 0 aliphatic rings. The van der Waals surface area contributed by atoms with E-state index >= 15 is 0 Å². The first kappa shape index (κ1) is 14.1. The summed E-state index contributed by atoms with van der Waals surface area (Å²) in [6.07, 6.45) is 0. The Hall–Kier alpha value is -2.84. The van der Waals surface area contributed by atoms with E-state index in [1.807, 2.05) is 36.4 Å². The summed E-state index contributed by atoms with van der Waals surface area (Å²) in [5.41, 5.74) is 0.951. The highest BCUT2D eigenvalue weighted by atomic mass is 32.2. The van der Waals surface area contributed by atoms with Gasteiger partial charge in [0.2, 0.25) is 0 Å². The van der Waals surface area contributed by atoms with E-state index in [0.717, 1.165) is 10.8 Å². The SMILES string of the molecule is N#Cc1ccc(S(=O)(=O)Nc2cccc3ccccc23)cc1. The third-order valence-corrected chi connectivity index (χ3v) is 4.71. The largest absolute Gasteiger partial charge is 0.279 e. The Balaban J connectivity index is 2.01. The maximum atomic E-state index is 12.5. The second kappa shape index (κ2) is 5.51. The van der Waals surface area contributed by atoms with Crippen LogP contribution in [-0.2, 0) is 10.0 Å². The minimum Gasteiger partial charge on any atom is -0.279 e. The summed E-state index contributed by atoms with van der Waals surface area (Å²) in [6, 6.07) is 20.8. The Kier molecular flexibility index (Phi) is 3.53. The summed E-state index contributed by atoms with van der Waals surface area (Å²) in [6.45, 7) is 0. The molecule has 3 rings (SSSR count). The van der Waals surface area contributed by atoms with Crippen LogP contribution < -0.4 is 4.72 Å². The lowest BCUT2D eigenvalue weighted by Crippen LogP contribution is -2.13. The van der Waals surface area contributed by atoms with Crippen LogP contribution in [0.4, 0.5) is 5.69 Å². The number of nitrogens with zero attached hydrogens (tertiary/aromatic N) is 1. The van der Waals surface area contributed by atoms with Crippen LogP contribution in [0.2, 0.25) is 0 Å². The molecule has 0 aliphatic carbocycles. The van der Waals surface area contributed by atoms with Crippen LogP contribution >= 0.6 is 0 Å². The van der Waals surface area contributed by atoms with E-state index in [4.69, 9.17) is 5.26 Å². The Morgan fingerprint density at radius 1 is 0.864 bits per heavy atom. The maximum absolute atomic E-state index is 12.5. The summed E-state index contributed by atoms with van der Waals surface area (Å²) < 4.78 is 27.5. The monoisotopic (exact) mass is 308 g/mol. The Morgan fingerprint density at radius 2 is 1.55 bits per heavy atom. The van der Waals surface area contributed by atoms with Gasteiger partial charge in [0.15, 0.2) is 0 Å². The van der Waals surface area contributed by atoms with Crippen LogP contribution in [0.3, 0.4) is 0 Å². The standard InChI is InChI=1S/C17H12N2O2S/c18-12-13-8-10-15(11-9-13)22(20,21)19-17-7-3-5-14-4-1-2-6-16(14)17/h1-11,19H. The molecule has 0 aliphatic heterocycles. The summed E-state index contributed by atoms with van der Waals surface area (Å²) >= 11 is 0. The van der Waals surface area contributed by atoms with Gasteiger partial charge >= 0.3 is 0 Å². The molecule has 1 N–H and O–H groups in total. The second-order valence-electron chi connectivity index (χ2n) is 4.77. The number of fused-ring (bicyclic) bond motifs is 1. The van der Waals surface area contributed by atoms with E-state index in [1.165, 1.54) is 24.3 Å². The van der Waals surface area contributed by atoms with Gasteiger partial charge in [0.05, 0.1) is 22.2 Å². The predicted molar refractivity (Wildman–Crippen MR) is 85.9 cm³/mol. The predicted octanol–water partition coefficient (Wildman–Crippen LogP) is 3.51. The zero-order chi connectivity index (χ0) is 15.6. The summed E-state index contributed by atoms with van der Waals surface area (Å²) in [7, 11) is -3.69. The maximum Gasteiger partial charge on any atom is 0.261 e. The van der Waals surface area contributed by atoms with Crippen molar-refractivity contribution in [1.29, 1.82) is 5.26 Å². The fourth-order valence-electron chi connectivity index (χ4n) is 2.23. The molecule has 0 amide bonds. The lowest BCUT2D eigenvalue weighted by Gasteiger charge is -2.10.